The van der Waals surface area contributed by atoms with Crippen molar-refractivity contribution in [3.63, 3.8) is 0 Å². The number of imidazole rings is 1. The van der Waals surface area contributed by atoms with E-state index in [1.807, 2.05) is 0 Å². The maximum atomic E-state index is 14.8. The molecule has 5 rings (SSSR count). The number of nitrogens with zero attached hydrogens (tertiary/aromatic N) is 1. The number of guanidine groups is 4. The van der Waals surface area contributed by atoms with Gasteiger partial charge in [0, 0.05) is 70.6 Å². The largest absolute Gasteiger partial charge is 0.508 e. The lowest BCUT2D eigenvalue weighted by Gasteiger charge is -2.39. The minimum atomic E-state index is -1.81. The van der Waals surface area contributed by atoms with Gasteiger partial charge < -0.3 is 135 Å². The SMILES string of the molecule is CC[C@H](C)[C@H](NC(=O)[C@H](Cc1ccc(O)cc1)NC(=O)[C@H](Cc1c[nH]cn1)NC(=O)[C@H](CCCNC(=N)N)NC(C)=O)C(=O)N[C@@H](CC(N)=O)C(=O)N[C@@H](CC(C)C)C(=O)N[C@@H](CCCNC(=N)N)C(=O)N[C@H]1CC[C@H]1C(=O)N[C@@H](CCCNC(=N)N)C(=O)N[C@H]1CC[C@H]1C(=O)N[C@@H](CCCNC(=N)N)C(=O)N[C@@H](Cc1ccc(O)cc1)C(N)=O. The van der Waals surface area contributed by atoms with Crippen molar-refractivity contribution in [2.45, 2.75) is 223 Å². The first-order chi connectivity index (χ1) is 56.8. The lowest BCUT2D eigenvalue weighted by molar-refractivity contribution is -0.138. The summed E-state index contributed by atoms with van der Waals surface area (Å²) < 4.78 is 0. The normalized spacial score (nSPS) is 17.2. The van der Waals surface area contributed by atoms with E-state index in [0.717, 1.165) is 0 Å². The summed E-state index contributed by atoms with van der Waals surface area (Å²) in [5, 5.41) is 93.0. The van der Waals surface area contributed by atoms with Gasteiger partial charge in [0.05, 0.1) is 30.3 Å². The topological polar surface area (TPSA) is 752 Å². The van der Waals surface area contributed by atoms with E-state index < -0.39 is 185 Å². The summed E-state index contributed by atoms with van der Waals surface area (Å²) in [4.78, 5) is 203. The predicted molar refractivity (Wildman–Crippen MR) is 439 cm³/mol. The molecule has 0 spiro atoms. The summed E-state index contributed by atoms with van der Waals surface area (Å²) in [6.45, 7) is 8.41. The van der Waals surface area contributed by atoms with E-state index in [1.54, 1.807) is 39.8 Å². The van der Waals surface area contributed by atoms with E-state index in [-0.39, 0.29) is 164 Å². The molecule has 0 aliphatic heterocycles. The first-order valence-electron chi connectivity index (χ1n) is 39.8. The van der Waals surface area contributed by atoms with Gasteiger partial charge >= 0.3 is 0 Å². The zero-order chi connectivity index (χ0) is 88.9. The van der Waals surface area contributed by atoms with Crippen LogP contribution in [0, 0.1) is 45.3 Å². The van der Waals surface area contributed by atoms with Gasteiger partial charge in [-0.2, -0.15) is 0 Å². The second-order valence-corrected chi connectivity index (χ2v) is 30.4. The number of H-pyrrole nitrogens is 1. The second kappa shape index (κ2) is 49.2. The van der Waals surface area contributed by atoms with Crippen LogP contribution in [0.4, 0.5) is 0 Å². The van der Waals surface area contributed by atoms with Crippen LogP contribution in [-0.4, -0.2) is 225 Å². The van der Waals surface area contributed by atoms with Gasteiger partial charge in [0.1, 0.15) is 71.9 Å². The quantitative estimate of drug-likeness (QED) is 0.0142. The molecule has 0 unspecified atom stereocenters. The van der Waals surface area contributed by atoms with Gasteiger partial charge in [0.2, 0.25) is 82.7 Å². The Balaban J connectivity index is 1.32. The summed E-state index contributed by atoms with van der Waals surface area (Å²) in [7, 11) is 0. The summed E-state index contributed by atoms with van der Waals surface area (Å²) in [5.41, 5.74) is 34.6. The monoisotopic (exact) mass is 1680 g/mol. The van der Waals surface area contributed by atoms with Crippen LogP contribution in [0.15, 0.2) is 61.1 Å². The molecule has 44 heteroatoms. The molecular formula is C76H120N28O16. The Bertz CT molecular complexity index is 4040. The number of carbonyl (C=O) groups excluding carboxylic acids is 14. The third-order valence-electron chi connectivity index (χ3n) is 20.2. The fourth-order valence-electron chi connectivity index (χ4n) is 13.2. The first kappa shape index (κ1) is 97.5. The van der Waals surface area contributed by atoms with Crippen molar-refractivity contribution in [1.29, 1.82) is 21.6 Å². The number of amides is 14. The highest BCUT2D eigenvalue weighted by Gasteiger charge is 2.44. The van der Waals surface area contributed by atoms with Crippen molar-refractivity contribution in [3.8, 4) is 11.5 Å². The molecule has 2 aliphatic carbocycles. The summed E-state index contributed by atoms with van der Waals surface area (Å²) in [6.07, 6.45) is 3.29. The summed E-state index contributed by atoms with van der Waals surface area (Å²) in [5.74, 6) is -16.1. The Hall–Kier alpha value is -13.1. The predicted octanol–water partition coefficient (Wildman–Crippen LogP) is -5.99. The second-order valence-electron chi connectivity index (χ2n) is 30.4. The highest BCUT2D eigenvalue weighted by molar-refractivity contribution is 6.00. The van der Waals surface area contributed by atoms with Crippen molar-refractivity contribution < 1.29 is 77.3 Å². The molecule has 2 saturated carbocycles. The van der Waals surface area contributed by atoms with Gasteiger partial charge in [0.25, 0.3) is 0 Å². The van der Waals surface area contributed by atoms with Crippen molar-refractivity contribution in [1.82, 2.24) is 95.0 Å². The molecule has 2 fully saturated rings. The zero-order valence-corrected chi connectivity index (χ0v) is 68.1. The highest BCUT2D eigenvalue weighted by Crippen LogP contribution is 2.30. The van der Waals surface area contributed by atoms with Gasteiger partial charge in [-0.1, -0.05) is 58.4 Å². The average Bonchev–Trinajstić information content (AvgIpc) is 0.980. The summed E-state index contributed by atoms with van der Waals surface area (Å²) >= 11 is 0. The van der Waals surface area contributed by atoms with Crippen molar-refractivity contribution in [2.24, 2.45) is 58.1 Å². The van der Waals surface area contributed by atoms with E-state index in [0.29, 0.717) is 23.2 Å². The lowest BCUT2D eigenvalue weighted by atomic mass is 9.78. The van der Waals surface area contributed by atoms with Crippen LogP contribution in [0.1, 0.15) is 148 Å². The van der Waals surface area contributed by atoms with E-state index in [9.17, 15) is 77.3 Å². The third-order valence-corrected chi connectivity index (χ3v) is 20.2. The fourth-order valence-corrected chi connectivity index (χ4v) is 13.2. The van der Waals surface area contributed by atoms with Crippen molar-refractivity contribution in [2.75, 3.05) is 26.2 Å². The van der Waals surface area contributed by atoms with Crippen LogP contribution in [0.5, 0.6) is 11.5 Å². The van der Waals surface area contributed by atoms with Crippen molar-refractivity contribution >= 4 is 107 Å². The molecule has 660 valence electrons. The maximum absolute atomic E-state index is 14.8. The molecule has 15 atom stereocenters. The molecule has 3 aromatic rings. The zero-order valence-electron chi connectivity index (χ0n) is 68.1. The standard InChI is InChI=1S/C76H120N28O16/c1-6-39(4)60(104-71(119)56(33-42-17-21-45(107)22-18-42)101-69(117)57(34-43-36-87-37-92-43)102-64(112)50(93-40(5)105)11-7-27-88-73(79)80)72(120)103-58(35-59(77)108)70(118)100-55(31-38(2)3)68(116)98-53(14-10-30-91-76(85)86)66(114)95-49-26-24-47(49)62(110)96-51(12-8-28-89-74(81)82)65(113)94-48-25-23-46(48)63(111)97-52(13-9-29-90-75(83)84)67(115)99-54(61(78)109)32-41-15-19-44(106)20-16-41/h15-22,36-39,46-58,60,106-107H,6-14,23-35H2,1-5H3,(H2,77,108)(H2,78,109)(H,87,92)(H,93,105)(H,94,113)(H,95,114)(H,96,110)(H,97,111)(H,98,116)(H,99,115)(H,100,118)(H,101,117)(H,102,112)(H,103,120)(H,104,119)(H4,79,80,88)(H4,81,82,89)(H4,83,84,90)(H4,85,86,91)/t39-,46+,47+,48-,49-,50-,51-,52-,53-,54-,55-,56-,57-,58-,60-/m0/s1. The molecule has 35 N–H and O–H groups in total. The van der Waals surface area contributed by atoms with Crippen LogP contribution in [-0.2, 0) is 86.4 Å². The fraction of sp³-hybridized carbons (Fsp3) is 0.566. The Morgan fingerprint density at radius 3 is 1.18 bits per heavy atom. The number of phenols is 2. The van der Waals surface area contributed by atoms with E-state index in [2.05, 4.69) is 95.0 Å². The van der Waals surface area contributed by atoms with E-state index >= 15 is 0 Å². The van der Waals surface area contributed by atoms with Gasteiger partial charge in [-0.25, -0.2) is 4.98 Å². The molecule has 0 saturated heterocycles. The Kier molecular flexibility index (Phi) is 40.0. The van der Waals surface area contributed by atoms with E-state index in [1.165, 1.54) is 55.8 Å². The number of nitrogens with two attached hydrogens (primary N) is 6. The molecule has 0 radical (unpaired) electrons. The number of primary amides is 2. The van der Waals surface area contributed by atoms with E-state index in [4.69, 9.17) is 56.0 Å². The molecule has 1 aromatic heterocycles. The number of carbonyl (C=O) groups is 14. The molecule has 44 nitrogen and oxygen atoms in total. The number of aromatic nitrogens is 2. The molecule has 14 amide bonds. The Labute approximate surface area is 694 Å². The van der Waals surface area contributed by atoms with Gasteiger partial charge in [-0.05, 0) is 131 Å². The van der Waals surface area contributed by atoms with Crippen LogP contribution in [0.2, 0.25) is 0 Å². The molecule has 2 aliphatic rings. The third kappa shape index (κ3) is 34.2. The summed E-state index contributed by atoms with van der Waals surface area (Å²) in [6, 6.07) is -4.27. The molecule has 0 bridgehead atoms. The molecule has 120 heavy (non-hydrogen) atoms. The Morgan fingerprint density at radius 2 is 0.800 bits per heavy atom. The van der Waals surface area contributed by atoms with Crippen LogP contribution >= 0.6 is 0 Å². The van der Waals surface area contributed by atoms with Crippen LogP contribution in [0.3, 0.4) is 0 Å². The highest BCUT2D eigenvalue weighted by atomic mass is 16.3. The Morgan fingerprint density at radius 1 is 0.442 bits per heavy atom. The number of benzene rings is 2. The number of nitrogens with one attached hydrogen (secondary N) is 21. The van der Waals surface area contributed by atoms with Gasteiger partial charge in [-0.3, -0.25) is 88.8 Å². The average molecular weight is 1680 g/mol. The van der Waals surface area contributed by atoms with Crippen LogP contribution in [0.25, 0.3) is 0 Å². The lowest BCUT2D eigenvalue weighted by Crippen LogP contribution is -2.62. The number of phenolic OH excluding ortho intramolecular Hbond substituents is 2. The van der Waals surface area contributed by atoms with Crippen molar-refractivity contribution in [3.05, 3.63) is 77.9 Å². The minimum absolute atomic E-state index is 0.00808. The number of aromatic amines is 1. The maximum Gasteiger partial charge on any atom is 0.243 e. The molecule has 1 heterocycles. The number of hydrogen-bond donors (Lipinski definition) is 29. The number of rotatable bonds is 52. The molecular weight excluding hydrogens is 1560 g/mol. The smallest absolute Gasteiger partial charge is 0.243 e. The van der Waals surface area contributed by atoms with Gasteiger partial charge in [0.15, 0.2) is 23.8 Å². The number of aromatic hydroxyl groups is 2. The van der Waals surface area contributed by atoms with Gasteiger partial charge in [-0.15, -0.1) is 0 Å². The first-order valence-corrected chi connectivity index (χ1v) is 39.8. The van der Waals surface area contributed by atoms with Crippen LogP contribution < -0.4 is 119 Å². The number of hydrogen-bond acceptors (Lipinski definition) is 21. The minimum Gasteiger partial charge on any atom is -0.508 e. The molecule has 2 aromatic carbocycles.